The van der Waals surface area contributed by atoms with E-state index in [1.54, 1.807) is 0 Å². The topological polar surface area (TPSA) is 51.0 Å². The molecule has 1 aliphatic rings. The summed E-state index contributed by atoms with van der Waals surface area (Å²) in [5.74, 6) is 1.67. The van der Waals surface area contributed by atoms with Crippen LogP contribution >= 0.6 is 23.3 Å². The molecule has 0 aliphatic heterocycles. The van der Waals surface area contributed by atoms with Gasteiger partial charge in [-0.1, -0.05) is 11.6 Å². The van der Waals surface area contributed by atoms with E-state index in [1.165, 1.54) is 24.6 Å². The van der Waals surface area contributed by atoms with Crippen LogP contribution in [0.4, 0.5) is 0 Å². The summed E-state index contributed by atoms with van der Waals surface area (Å²) in [5, 5.41) is 4.07. The van der Waals surface area contributed by atoms with Crippen molar-refractivity contribution in [1.29, 1.82) is 0 Å². The fraction of sp³-hybridized carbons (Fsp3) is 0.286. The summed E-state index contributed by atoms with van der Waals surface area (Å²) >= 11 is 7.49. The van der Waals surface area contributed by atoms with E-state index < -0.39 is 0 Å². The largest absolute Gasteiger partial charge is 0.460 e. The summed E-state index contributed by atoms with van der Waals surface area (Å²) in [5.41, 5.74) is 2.48. The van der Waals surface area contributed by atoms with Gasteiger partial charge in [0.25, 0.3) is 0 Å². The van der Waals surface area contributed by atoms with Gasteiger partial charge in [-0.25, -0.2) is 0 Å². The predicted octanol–water partition coefficient (Wildman–Crippen LogP) is 3.86. The number of hydrogen-bond donors (Lipinski definition) is 1. The maximum absolute atomic E-state index is 6.30. The van der Waals surface area contributed by atoms with Gasteiger partial charge in [-0.05, 0) is 37.1 Å². The molecule has 4 rings (SSSR count). The predicted molar refractivity (Wildman–Crippen MR) is 80.0 cm³/mol. The SMILES string of the molecule is Clc1ccc2nsnc2c1-c1ccc(CNC2CC2)o1. The lowest BCUT2D eigenvalue weighted by Gasteiger charge is -2.02. The van der Waals surface area contributed by atoms with E-state index >= 15 is 0 Å². The van der Waals surface area contributed by atoms with Crippen molar-refractivity contribution in [2.45, 2.75) is 25.4 Å². The molecule has 2 heterocycles. The first-order chi connectivity index (χ1) is 9.81. The van der Waals surface area contributed by atoms with Gasteiger partial charge in [0.1, 0.15) is 22.6 Å². The fourth-order valence-corrected chi connectivity index (χ4v) is 2.99. The van der Waals surface area contributed by atoms with Gasteiger partial charge >= 0.3 is 0 Å². The summed E-state index contributed by atoms with van der Waals surface area (Å²) in [7, 11) is 0. The summed E-state index contributed by atoms with van der Waals surface area (Å²) in [6.07, 6.45) is 2.53. The first-order valence-electron chi connectivity index (χ1n) is 6.54. The number of halogens is 1. The molecule has 1 N–H and O–H groups in total. The van der Waals surface area contributed by atoms with Gasteiger partial charge in [0.05, 0.1) is 28.9 Å². The number of nitrogens with one attached hydrogen (secondary N) is 1. The van der Waals surface area contributed by atoms with Gasteiger partial charge in [0.2, 0.25) is 0 Å². The zero-order chi connectivity index (χ0) is 13.5. The molecule has 2 aromatic heterocycles. The molecule has 1 fully saturated rings. The van der Waals surface area contributed by atoms with Crippen molar-refractivity contribution in [3.05, 3.63) is 35.0 Å². The third-order valence-electron chi connectivity index (χ3n) is 3.43. The second kappa shape index (κ2) is 4.84. The van der Waals surface area contributed by atoms with Gasteiger partial charge in [-0.2, -0.15) is 8.75 Å². The molecule has 6 heteroatoms. The maximum atomic E-state index is 6.30. The van der Waals surface area contributed by atoms with Crippen molar-refractivity contribution in [3.63, 3.8) is 0 Å². The Morgan fingerprint density at radius 2 is 2.15 bits per heavy atom. The van der Waals surface area contributed by atoms with E-state index in [0.29, 0.717) is 11.1 Å². The van der Waals surface area contributed by atoms with E-state index in [4.69, 9.17) is 16.0 Å². The molecule has 1 saturated carbocycles. The lowest BCUT2D eigenvalue weighted by atomic mass is 10.1. The Kier molecular flexibility index (Phi) is 2.98. The Hall–Kier alpha value is -1.43. The standard InChI is InChI=1S/C14H12ClN3OS/c15-10-4-5-11-14(18-20-17-11)13(10)12-6-3-9(19-12)7-16-8-1-2-8/h3-6,8,16H,1-2,7H2. The van der Waals surface area contributed by atoms with E-state index in [0.717, 1.165) is 34.7 Å². The number of furan rings is 1. The highest BCUT2D eigenvalue weighted by atomic mass is 35.5. The molecule has 0 bridgehead atoms. The third-order valence-corrected chi connectivity index (χ3v) is 4.28. The van der Waals surface area contributed by atoms with E-state index in [1.807, 2.05) is 24.3 Å². The molecule has 3 aromatic rings. The minimum Gasteiger partial charge on any atom is -0.460 e. The average molecular weight is 306 g/mol. The highest BCUT2D eigenvalue weighted by Gasteiger charge is 2.21. The minimum atomic E-state index is 0.640. The molecule has 0 saturated heterocycles. The van der Waals surface area contributed by atoms with Crippen molar-refractivity contribution in [2.75, 3.05) is 0 Å². The first kappa shape index (κ1) is 12.3. The third kappa shape index (κ3) is 2.22. The van der Waals surface area contributed by atoms with E-state index in [9.17, 15) is 0 Å². The molecule has 0 amide bonds. The first-order valence-corrected chi connectivity index (χ1v) is 7.65. The van der Waals surface area contributed by atoms with Crippen molar-refractivity contribution >= 4 is 34.4 Å². The van der Waals surface area contributed by atoms with Crippen LogP contribution in [0.2, 0.25) is 5.02 Å². The number of aromatic nitrogens is 2. The van der Waals surface area contributed by atoms with Gasteiger partial charge in [0, 0.05) is 6.04 Å². The van der Waals surface area contributed by atoms with E-state index in [-0.39, 0.29) is 0 Å². The number of benzene rings is 1. The highest BCUT2D eigenvalue weighted by molar-refractivity contribution is 7.00. The number of rotatable bonds is 4. The number of fused-ring (bicyclic) bond motifs is 1. The van der Waals surface area contributed by atoms with Crippen LogP contribution in [0.1, 0.15) is 18.6 Å². The Morgan fingerprint density at radius 1 is 1.25 bits per heavy atom. The molecule has 20 heavy (non-hydrogen) atoms. The highest BCUT2D eigenvalue weighted by Crippen LogP contribution is 2.35. The quantitative estimate of drug-likeness (QED) is 0.795. The molecule has 4 nitrogen and oxygen atoms in total. The van der Waals surface area contributed by atoms with Gasteiger partial charge in [0.15, 0.2) is 0 Å². The smallest absolute Gasteiger partial charge is 0.138 e. The average Bonchev–Trinajstić information content (AvgIpc) is 2.97. The van der Waals surface area contributed by atoms with Gasteiger partial charge < -0.3 is 9.73 Å². The van der Waals surface area contributed by atoms with Crippen LogP contribution in [0.3, 0.4) is 0 Å². The molecule has 0 spiro atoms. The number of nitrogens with zero attached hydrogens (tertiary/aromatic N) is 2. The second-order valence-electron chi connectivity index (χ2n) is 4.98. The summed E-state index contributed by atoms with van der Waals surface area (Å²) in [4.78, 5) is 0. The molecule has 1 aromatic carbocycles. The molecule has 0 atom stereocenters. The van der Waals surface area contributed by atoms with Crippen molar-refractivity contribution in [1.82, 2.24) is 14.1 Å². The van der Waals surface area contributed by atoms with Crippen molar-refractivity contribution in [2.24, 2.45) is 0 Å². The Labute approximate surface area is 125 Å². The van der Waals surface area contributed by atoms with Crippen LogP contribution in [0, 0.1) is 0 Å². The molecular formula is C14H12ClN3OS. The van der Waals surface area contributed by atoms with Crippen LogP contribution in [0.5, 0.6) is 0 Å². The van der Waals surface area contributed by atoms with Crippen molar-refractivity contribution in [3.8, 4) is 11.3 Å². The monoisotopic (exact) mass is 305 g/mol. The molecular weight excluding hydrogens is 294 g/mol. The van der Waals surface area contributed by atoms with E-state index in [2.05, 4.69) is 14.1 Å². The zero-order valence-electron chi connectivity index (χ0n) is 10.6. The Balaban J connectivity index is 1.70. The number of hydrogen-bond acceptors (Lipinski definition) is 5. The van der Waals surface area contributed by atoms with Gasteiger partial charge in [-0.3, -0.25) is 0 Å². The molecule has 1 aliphatic carbocycles. The molecule has 0 unspecified atom stereocenters. The van der Waals surface area contributed by atoms with Crippen LogP contribution in [0.15, 0.2) is 28.7 Å². The summed E-state index contributed by atoms with van der Waals surface area (Å²) in [6, 6.07) is 8.32. The lowest BCUT2D eigenvalue weighted by Crippen LogP contribution is -2.14. The van der Waals surface area contributed by atoms with Crippen LogP contribution < -0.4 is 5.32 Å². The molecule has 102 valence electrons. The Bertz CT molecular complexity index is 763. The normalized spacial score (nSPS) is 15.1. The summed E-state index contributed by atoms with van der Waals surface area (Å²) < 4.78 is 14.5. The second-order valence-corrected chi connectivity index (χ2v) is 5.91. The minimum absolute atomic E-state index is 0.640. The van der Waals surface area contributed by atoms with Gasteiger partial charge in [-0.15, -0.1) is 0 Å². The fourth-order valence-electron chi connectivity index (χ4n) is 2.20. The molecule has 0 radical (unpaired) electrons. The zero-order valence-corrected chi connectivity index (χ0v) is 12.2. The van der Waals surface area contributed by atoms with Crippen LogP contribution in [-0.4, -0.2) is 14.8 Å². The van der Waals surface area contributed by atoms with Crippen LogP contribution in [0.25, 0.3) is 22.4 Å². The van der Waals surface area contributed by atoms with Crippen molar-refractivity contribution < 1.29 is 4.42 Å². The van der Waals surface area contributed by atoms with Crippen LogP contribution in [-0.2, 0) is 6.54 Å². The lowest BCUT2D eigenvalue weighted by molar-refractivity contribution is 0.493. The Morgan fingerprint density at radius 3 is 3.00 bits per heavy atom. The summed E-state index contributed by atoms with van der Waals surface area (Å²) in [6.45, 7) is 0.758. The maximum Gasteiger partial charge on any atom is 0.138 e.